The van der Waals surface area contributed by atoms with Gasteiger partial charge in [0.15, 0.2) is 0 Å². The summed E-state index contributed by atoms with van der Waals surface area (Å²) >= 11 is 4.83. The van der Waals surface area contributed by atoms with Gasteiger partial charge >= 0.3 is 0 Å². The summed E-state index contributed by atoms with van der Waals surface area (Å²) in [5, 5.41) is 9.94. The van der Waals surface area contributed by atoms with E-state index in [0.29, 0.717) is 5.69 Å². The molecule has 0 saturated carbocycles. The highest BCUT2D eigenvalue weighted by Crippen LogP contribution is 2.38. The first kappa shape index (κ1) is 13.3. The first-order chi connectivity index (χ1) is 8.69. The molecule has 0 aliphatic heterocycles. The Morgan fingerprint density at radius 3 is 2.67 bits per heavy atom. The summed E-state index contributed by atoms with van der Waals surface area (Å²) in [6.45, 7) is -0.0939. The Labute approximate surface area is 117 Å². The summed E-state index contributed by atoms with van der Waals surface area (Å²) in [4.78, 5) is 4.37. The number of benzene rings is 1. The normalized spacial score (nSPS) is 10.4. The third-order valence-electron chi connectivity index (χ3n) is 2.44. The number of aliphatic hydroxyl groups is 1. The van der Waals surface area contributed by atoms with Crippen molar-refractivity contribution in [1.29, 1.82) is 0 Å². The molecule has 0 aliphatic carbocycles. The predicted molar refractivity (Wildman–Crippen MR) is 74.3 cm³/mol. The van der Waals surface area contributed by atoms with Crippen LogP contribution in [0.3, 0.4) is 0 Å². The van der Waals surface area contributed by atoms with Crippen LogP contribution in [0.15, 0.2) is 22.0 Å². The first-order valence-electron chi connectivity index (χ1n) is 5.18. The van der Waals surface area contributed by atoms with E-state index < -0.39 is 0 Å². The van der Waals surface area contributed by atoms with Crippen LogP contribution in [0.2, 0.25) is 0 Å². The summed E-state index contributed by atoms with van der Waals surface area (Å²) in [5.74, 6) is 1.46. The molecule has 0 unspecified atom stereocenters. The number of ether oxygens (including phenoxy) is 2. The minimum absolute atomic E-state index is 0.0939. The molecule has 6 heteroatoms. The van der Waals surface area contributed by atoms with Crippen molar-refractivity contribution in [3.8, 4) is 22.1 Å². The van der Waals surface area contributed by atoms with Crippen LogP contribution in [0.25, 0.3) is 10.6 Å². The molecule has 0 aliphatic rings. The van der Waals surface area contributed by atoms with E-state index in [0.717, 1.165) is 25.9 Å². The van der Waals surface area contributed by atoms with Crippen LogP contribution in [-0.4, -0.2) is 24.3 Å². The Morgan fingerprint density at radius 1 is 1.33 bits per heavy atom. The number of methoxy groups -OCH3 is 2. The average Bonchev–Trinajstić information content (AvgIpc) is 2.79. The van der Waals surface area contributed by atoms with Crippen LogP contribution in [0.4, 0.5) is 0 Å². The molecule has 2 aromatic rings. The van der Waals surface area contributed by atoms with E-state index in [1.807, 2.05) is 18.2 Å². The zero-order valence-corrected chi connectivity index (χ0v) is 12.3. The average molecular weight is 330 g/mol. The van der Waals surface area contributed by atoms with Gasteiger partial charge < -0.3 is 14.6 Å². The van der Waals surface area contributed by atoms with Crippen molar-refractivity contribution >= 4 is 27.3 Å². The summed E-state index contributed by atoms with van der Waals surface area (Å²) in [6.07, 6.45) is 0. The van der Waals surface area contributed by atoms with Crippen molar-refractivity contribution in [3.63, 3.8) is 0 Å². The van der Waals surface area contributed by atoms with Crippen molar-refractivity contribution in [3.05, 3.63) is 27.7 Å². The lowest BCUT2D eigenvalue weighted by Gasteiger charge is -2.08. The molecular weight excluding hydrogens is 318 g/mol. The summed E-state index contributed by atoms with van der Waals surface area (Å²) in [5.41, 5.74) is 1.47. The van der Waals surface area contributed by atoms with E-state index in [1.54, 1.807) is 14.2 Å². The monoisotopic (exact) mass is 329 g/mol. The minimum Gasteiger partial charge on any atom is -0.497 e. The van der Waals surface area contributed by atoms with Gasteiger partial charge in [0, 0.05) is 0 Å². The molecule has 0 amide bonds. The molecule has 96 valence electrons. The van der Waals surface area contributed by atoms with Gasteiger partial charge in [0.2, 0.25) is 0 Å². The smallest absolute Gasteiger partial charge is 0.129 e. The van der Waals surface area contributed by atoms with Crippen LogP contribution in [0, 0.1) is 0 Å². The van der Waals surface area contributed by atoms with Gasteiger partial charge in [-0.15, -0.1) is 11.3 Å². The van der Waals surface area contributed by atoms with Crippen LogP contribution in [0.5, 0.6) is 11.5 Å². The fourth-order valence-corrected chi connectivity index (χ4v) is 3.02. The van der Waals surface area contributed by atoms with Gasteiger partial charge in [-0.05, 0) is 34.1 Å². The first-order valence-corrected chi connectivity index (χ1v) is 6.79. The molecule has 0 radical (unpaired) electrons. The van der Waals surface area contributed by atoms with Crippen LogP contribution < -0.4 is 9.47 Å². The molecule has 0 spiro atoms. The molecule has 0 fully saturated rings. The Bertz CT molecular complexity index is 556. The standard InChI is InChI=1S/C12H12BrNO3S/c1-16-7-3-4-10(17-2)8(5-7)12-14-9(6-15)11(13)18-12/h3-5,15H,6H2,1-2H3. The van der Waals surface area contributed by atoms with Gasteiger partial charge in [0.05, 0.1) is 35.9 Å². The topological polar surface area (TPSA) is 51.6 Å². The number of aromatic nitrogens is 1. The highest BCUT2D eigenvalue weighted by atomic mass is 79.9. The number of thiazole rings is 1. The summed E-state index contributed by atoms with van der Waals surface area (Å²) in [7, 11) is 3.23. The van der Waals surface area contributed by atoms with Crippen molar-refractivity contribution in [2.45, 2.75) is 6.61 Å². The molecule has 0 saturated heterocycles. The molecule has 1 aromatic heterocycles. The molecule has 2 rings (SSSR count). The largest absolute Gasteiger partial charge is 0.497 e. The Balaban J connectivity index is 2.53. The van der Waals surface area contributed by atoms with Crippen molar-refractivity contribution in [2.24, 2.45) is 0 Å². The van der Waals surface area contributed by atoms with Crippen molar-refractivity contribution < 1.29 is 14.6 Å². The molecule has 1 heterocycles. The highest BCUT2D eigenvalue weighted by molar-refractivity contribution is 9.11. The second kappa shape index (κ2) is 5.69. The maximum atomic E-state index is 9.16. The second-order valence-corrected chi connectivity index (χ2v) is 5.78. The quantitative estimate of drug-likeness (QED) is 0.936. The highest BCUT2D eigenvalue weighted by Gasteiger charge is 2.14. The fourth-order valence-electron chi connectivity index (χ4n) is 1.53. The van der Waals surface area contributed by atoms with Crippen LogP contribution in [-0.2, 0) is 6.61 Å². The fraction of sp³-hybridized carbons (Fsp3) is 0.250. The summed E-state index contributed by atoms with van der Waals surface area (Å²) in [6, 6.07) is 5.53. The molecule has 4 nitrogen and oxygen atoms in total. The molecule has 1 N–H and O–H groups in total. The number of aliphatic hydroxyl groups excluding tert-OH is 1. The van der Waals surface area contributed by atoms with E-state index in [9.17, 15) is 0 Å². The zero-order chi connectivity index (χ0) is 13.1. The van der Waals surface area contributed by atoms with E-state index in [1.165, 1.54) is 11.3 Å². The van der Waals surface area contributed by atoms with Crippen LogP contribution in [0.1, 0.15) is 5.69 Å². The van der Waals surface area contributed by atoms with Gasteiger partial charge in [0.25, 0.3) is 0 Å². The third kappa shape index (κ3) is 2.50. The third-order valence-corrected chi connectivity index (χ3v) is 4.30. The van der Waals surface area contributed by atoms with E-state index in [4.69, 9.17) is 14.6 Å². The van der Waals surface area contributed by atoms with E-state index >= 15 is 0 Å². The summed E-state index contributed by atoms with van der Waals surface area (Å²) < 4.78 is 11.3. The number of halogens is 1. The SMILES string of the molecule is COc1ccc(OC)c(-c2nc(CO)c(Br)s2)c1. The van der Waals surface area contributed by atoms with E-state index in [2.05, 4.69) is 20.9 Å². The Hall–Kier alpha value is -1.11. The lowest BCUT2D eigenvalue weighted by atomic mass is 10.2. The Morgan fingerprint density at radius 2 is 2.11 bits per heavy atom. The van der Waals surface area contributed by atoms with Crippen LogP contribution >= 0.6 is 27.3 Å². The van der Waals surface area contributed by atoms with Gasteiger partial charge in [-0.2, -0.15) is 0 Å². The molecular formula is C12H12BrNO3S. The number of hydrogen-bond donors (Lipinski definition) is 1. The maximum Gasteiger partial charge on any atom is 0.129 e. The number of nitrogens with zero attached hydrogens (tertiary/aromatic N) is 1. The van der Waals surface area contributed by atoms with Gasteiger partial charge in [-0.25, -0.2) is 4.98 Å². The minimum atomic E-state index is -0.0939. The number of rotatable bonds is 4. The molecule has 0 bridgehead atoms. The lowest BCUT2D eigenvalue weighted by Crippen LogP contribution is -1.90. The molecule has 18 heavy (non-hydrogen) atoms. The van der Waals surface area contributed by atoms with Gasteiger partial charge in [-0.1, -0.05) is 0 Å². The van der Waals surface area contributed by atoms with E-state index in [-0.39, 0.29) is 6.61 Å². The zero-order valence-electron chi connectivity index (χ0n) is 9.94. The van der Waals surface area contributed by atoms with Gasteiger partial charge in [0.1, 0.15) is 16.5 Å². The molecule has 0 atom stereocenters. The predicted octanol–water partition coefficient (Wildman–Crippen LogP) is 3.08. The second-order valence-electron chi connectivity index (χ2n) is 3.46. The molecule has 1 aromatic carbocycles. The maximum absolute atomic E-state index is 9.16. The van der Waals surface area contributed by atoms with Gasteiger partial charge in [-0.3, -0.25) is 0 Å². The van der Waals surface area contributed by atoms with Crippen molar-refractivity contribution in [1.82, 2.24) is 4.98 Å². The number of hydrogen-bond acceptors (Lipinski definition) is 5. The van der Waals surface area contributed by atoms with Crippen molar-refractivity contribution in [2.75, 3.05) is 14.2 Å². The Kier molecular flexibility index (Phi) is 4.21. The lowest BCUT2D eigenvalue weighted by molar-refractivity contribution is 0.277.